The lowest BCUT2D eigenvalue weighted by Gasteiger charge is -2.21. The molecule has 0 aromatic heterocycles. The molecule has 38 heavy (non-hydrogen) atoms. The number of alkyl halides is 3. The molecular formula is C26H26F3N3O6. The molecule has 0 bridgehead atoms. The van der Waals surface area contributed by atoms with Gasteiger partial charge in [-0.05, 0) is 80.5 Å². The summed E-state index contributed by atoms with van der Waals surface area (Å²) in [6.45, 7) is 3.11. The van der Waals surface area contributed by atoms with Crippen LogP contribution in [0.15, 0.2) is 47.7 Å². The van der Waals surface area contributed by atoms with Crippen LogP contribution in [-0.4, -0.2) is 35.0 Å². The molecule has 0 saturated carbocycles. The van der Waals surface area contributed by atoms with E-state index in [4.69, 9.17) is 4.74 Å². The normalized spacial score (nSPS) is 15.4. The van der Waals surface area contributed by atoms with Gasteiger partial charge in [0, 0.05) is 23.4 Å². The summed E-state index contributed by atoms with van der Waals surface area (Å²) >= 11 is 0. The Kier molecular flexibility index (Phi) is 7.11. The molecule has 0 unspecified atom stereocenters. The summed E-state index contributed by atoms with van der Waals surface area (Å²) in [6.07, 6.45) is -2.17. The number of hydrogen-bond acceptors (Lipinski definition) is 7. The van der Waals surface area contributed by atoms with E-state index in [1.807, 2.05) is 0 Å². The van der Waals surface area contributed by atoms with E-state index < -0.39 is 28.5 Å². The van der Waals surface area contributed by atoms with Crippen LogP contribution < -0.4 is 20.1 Å². The number of nitro benzene ring substituents is 1. The average Bonchev–Trinajstić information content (AvgIpc) is 2.95. The lowest BCUT2D eigenvalue weighted by Crippen LogP contribution is -2.21. The lowest BCUT2D eigenvalue weighted by molar-refractivity contribution is -0.385. The summed E-state index contributed by atoms with van der Waals surface area (Å²) in [4.78, 5) is 23.7. The molecule has 0 spiro atoms. The molecule has 12 heteroatoms. The molecule has 2 aliphatic rings. The number of amides is 1. The maximum Gasteiger partial charge on any atom is 0.573 e. The van der Waals surface area contributed by atoms with Gasteiger partial charge in [0.15, 0.2) is 5.75 Å². The maximum absolute atomic E-state index is 13.1. The summed E-state index contributed by atoms with van der Waals surface area (Å²) in [5, 5.41) is 27.2. The van der Waals surface area contributed by atoms with E-state index in [1.54, 1.807) is 32.1 Å². The van der Waals surface area contributed by atoms with E-state index in [-0.39, 0.29) is 35.5 Å². The summed E-state index contributed by atoms with van der Waals surface area (Å²) < 4.78 is 48.8. The molecule has 9 nitrogen and oxygen atoms in total. The van der Waals surface area contributed by atoms with Crippen LogP contribution in [0.3, 0.4) is 0 Å². The number of allylic oxidation sites excluding steroid dienone is 2. The fourth-order valence-electron chi connectivity index (χ4n) is 4.36. The highest BCUT2D eigenvalue weighted by molar-refractivity contribution is 6.09. The van der Waals surface area contributed by atoms with Gasteiger partial charge in [0.25, 0.3) is 5.91 Å². The Morgan fingerprint density at radius 1 is 1.08 bits per heavy atom. The van der Waals surface area contributed by atoms with Gasteiger partial charge in [0.1, 0.15) is 5.75 Å². The van der Waals surface area contributed by atoms with Crippen LogP contribution in [0.1, 0.15) is 44.2 Å². The van der Waals surface area contributed by atoms with Gasteiger partial charge in [0.2, 0.25) is 0 Å². The number of halogens is 3. The number of methoxy groups -OCH3 is 1. The summed E-state index contributed by atoms with van der Waals surface area (Å²) in [5.74, 6) is -0.833. The van der Waals surface area contributed by atoms with Gasteiger partial charge in [-0.1, -0.05) is 0 Å². The van der Waals surface area contributed by atoms with Crippen LogP contribution in [0.4, 0.5) is 30.2 Å². The van der Waals surface area contributed by atoms with Gasteiger partial charge in [-0.15, -0.1) is 13.2 Å². The number of carbonyl (C=O) groups excluding carboxylic acids is 1. The molecule has 1 aliphatic heterocycles. The van der Waals surface area contributed by atoms with Crippen molar-refractivity contribution in [2.75, 3.05) is 17.7 Å². The molecule has 0 atom stereocenters. The van der Waals surface area contributed by atoms with Gasteiger partial charge < -0.3 is 25.2 Å². The van der Waals surface area contributed by atoms with Crippen LogP contribution >= 0.6 is 0 Å². The Hall–Kier alpha value is -4.06. The third-order valence-corrected chi connectivity index (χ3v) is 6.26. The van der Waals surface area contributed by atoms with Crippen molar-refractivity contribution in [1.29, 1.82) is 0 Å². The zero-order chi connectivity index (χ0) is 27.8. The van der Waals surface area contributed by atoms with Gasteiger partial charge in [0.05, 0.1) is 29.0 Å². The second-order valence-electron chi connectivity index (χ2n) is 9.65. The molecule has 0 saturated heterocycles. The van der Waals surface area contributed by atoms with Gasteiger partial charge >= 0.3 is 12.0 Å². The summed E-state index contributed by atoms with van der Waals surface area (Å²) in [7, 11) is 1.34. The quantitative estimate of drug-likeness (QED) is 0.308. The van der Waals surface area contributed by atoms with Crippen LogP contribution in [0.5, 0.6) is 11.5 Å². The number of benzene rings is 2. The molecule has 1 heterocycles. The predicted octanol–water partition coefficient (Wildman–Crippen LogP) is 5.70. The highest BCUT2D eigenvalue weighted by Gasteiger charge is 2.34. The third kappa shape index (κ3) is 6.08. The Morgan fingerprint density at radius 3 is 2.42 bits per heavy atom. The molecule has 1 aliphatic carbocycles. The topological polar surface area (TPSA) is 123 Å². The number of anilines is 2. The first-order valence-corrected chi connectivity index (χ1v) is 11.7. The van der Waals surface area contributed by atoms with Crippen molar-refractivity contribution in [2.45, 2.75) is 51.5 Å². The lowest BCUT2D eigenvalue weighted by atomic mass is 9.90. The Bertz CT molecular complexity index is 1360. The van der Waals surface area contributed by atoms with E-state index in [2.05, 4.69) is 15.4 Å². The summed E-state index contributed by atoms with van der Waals surface area (Å²) in [5.41, 5.74) is 1.72. The van der Waals surface area contributed by atoms with E-state index in [0.29, 0.717) is 35.4 Å². The number of aryl methyl sites for hydroxylation is 1. The number of nitrogens with zero attached hydrogens (tertiary/aromatic N) is 1. The number of rotatable bonds is 7. The van der Waals surface area contributed by atoms with Gasteiger partial charge in [-0.3, -0.25) is 14.9 Å². The highest BCUT2D eigenvalue weighted by atomic mass is 19.4. The van der Waals surface area contributed by atoms with Crippen molar-refractivity contribution >= 4 is 28.5 Å². The standard InChI is InChI=1S/C26H26F3N3O6/c1-25(2,34)9-8-16-11-19-20(13-22(16)38-26(27,28)29)31-24(33)17-6-4-14(10-18(17)30-19)15-5-7-21(32(35)36)23(12-15)37-3/h5,7,10-13,30,34H,4,6,8-9H2,1-3H3,(H,31,33). The second-order valence-corrected chi connectivity index (χ2v) is 9.65. The number of nitro groups is 1. The van der Waals surface area contributed by atoms with Gasteiger partial charge in [-0.2, -0.15) is 0 Å². The van der Waals surface area contributed by atoms with Gasteiger partial charge in [-0.25, -0.2) is 0 Å². The van der Waals surface area contributed by atoms with Crippen LogP contribution in [0, 0.1) is 10.1 Å². The molecule has 3 N–H and O–H groups in total. The summed E-state index contributed by atoms with van der Waals surface area (Å²) in [6, 6.07) is 7.08. The first kappa shape index (κ1) is 27.0. The van der Waals surface area contributed by atoms with Crippen molar-refractivity contribution in [3.63, 3.8) is 0 Å². The SMILES string of the molecule is COc1cc(C2=CC3=C(CC2)C(=O)Nc2cc(OC(F)(F)F)c(CCC(C)(C)O)cc2N3)ccc1[N+](=O)[O-]. The number of ether oxygens (including phenoxy) is 2. The number of hydrogen-bond donors (Lipinski definition) is 3. The van der Waals surface area contributed by atoms with Crippen molar-refractivity contribution in [1.82, 2.24) is 0 Å². The van der Waals surface area contributed by atoms with Crippen LogP contribution in [0.25, 0.3) is 5.57 Å². The zero-order valence-corrected chi connectivity index (χ0v) is 20.9. The van der Waals surface area contributed by atoms with Crippen molar-refractivity contribution in [2.24, 2.45) is 0 Å². The van der Waals surface area contributed by atoms with E-state index in [0.717, 1.165) is 11.6 Å². The van der Waals surface area contributed by atoms with Crippen molar-refractivity contribution in [3.8, 4) is 11.5 Å². The predicted molar refractivity (Wildman–Crippen MR) is 134 cm³/mol. The maximum atomic E-state index is 13.1. The van der Waals surface area contributed by atoms with Crippen LogP contribution in [-0.2, 0) is 11.2 Å². The Labute approximate surface area is 216 Å². The zero-order valence-electron chi connectivity index (χ0n) is 20.9. The minimum Gasteiger partial charge on any atom is -0.490 e. The molecule has 4 rings (SSSR count). The number of fused-ring (bicyclic) bond motifs is 1. The highest BCUT2D eigenvalue weighted by Crippen LogP contribution is 2.41. The Morgan fingerprint density at radius 2 is 1.79 bits per heavy atom. The average molecular weight is 534 g/mol. The second kappa shape index (κ2) is 10.0. The van der Waals surface area contributed by atoms with E-state index >= 15 is 0 Å². The first-order valence-electron chi connectivity index (χ1n) is 11.7. The number of carbonyl (C=O) groups is 1. The van der Waals surface area contributed by atoms with Crippen LogP contribution in [0.2, 0.25) is 0 Å². The minimum atomic E-state index is -4.94. The van der Waals surface area contributed by atoms with E-state index in [9.17, 15) is 33.2 Å². The molecular weight excluding hydrogens is 507 g/mol. The minimum absolute atomic E-state index is 0.0907. The molecule has 0 radical (unpaired) electrons. The molecule has 0 fully saturated rings. The molecule has 202 valence electrons. The molecule has 2 aromatic rings. The third-order valence-electron chi connectivity index (χ3n) is 6.26. The fraction of sp³-hybridized carbons (Fsp3) is 0.346. The van der Waals surface area contributed by atoms with Crippen molar-refractivity contribution in [3.05, 3.63) is 68.9 Å². The molecule has 2 aromatic carbocycles. The largest absolute Gasteiger partial charge is 0.573 e. The van der Waals surface area contributed by atoms with Crippen molar-refractivity contribution < 1.29 is 37.5 Å². The number of nitrogens with one attached hydrogen (secondary N) is 2. The first-order chi connectivity index (χ1) is 17.7. The van der Waals surface area contributed by atoms with E-state index in [1.165, 1.54) is 19.2 Å². The Balaban J connectivity index is 1.72. The monoisotopic (exact) mass is 533 g/mol. The fourth-order valence-corrected chi connectivity index (χ4v) is 4.36. The number of aliphatic hydroxyl groups is 1. The molecule has 1 amide bonds. The smallest absolute Gasteiger partial charge is 0.490 e.